The van der Waals surface area contributed by atoms with Crippen molar-refractivity contribution in [1.82, 2.24) is 5.32 Å². The van der Waals surface area contributed by atoms with Crippen LogP contribution >= 0.6 is 15.9 Å². The van der Waals surface area contributed by atoms with Crippen LogP contribution in [0.15, 0.2) is 64.0 Å². The molecule has 0 aliphatic rings. The average Bonchev–Trinajstić information content (AvgIpc) is 2.59. The largest absolute Gasteiger partial charge is 0.368 e. The van der Waals surface area contributed by atoms with Crippen molar-refractivity contribution in [2.24, 2.45) is 5.73 Å². The van der Waals surface area contributed by atoms with E-state index >= 15 is 0 Å². The minimum atomic E-state index is -3.56. The first kappa shape index (κ1) is 19.1. The van der Waals surface area contributed by atoms with Gasteiger partial charge in [0, 0.05) is 10.0 Å². The third-order valence-corrected chi connectivity index (χ3v) is 5.77. The SMILES string of the molecule is NC(=O)[C@H](CCS(=O)(=O)c1ccccc1)NC(=O)c1cccc(Br)c1. The molecule has 0 aliphatic heterocycles. The Labute approximate surface area is 154 Å². The van der Waals surface area contributed by atoms with Crippen LogP contribution in [0.5, 0.6) is 0 Å². The molecule has 1 atom stereocenters. The van der Waals surface area contributed by atoms with Gasteiger partial charge in [0.2, 0.25) is 5.91 Å². The van der Waals surface area contributed by atoms with Gasteiger partial charge in [-0.25, -0.2) is 8.42 Å². The van der Waals surface area contributed by atoms with Crippen LogP contribution < -0.4 is 11.1 Å². The van der Waals surface area contributed by atoms with E-state index in [0.29, 0.717) is 10.0 Å². The summed E-state index contributed by atoms with van der Waals surface area (Å²) in [7, 11) is -3.56. The maximum Gasteiger partial charge on any atom is 0.251 e. The van der Waals surface area contributed by atoms with E-state index in [0.717, 1.165) is 0 Å². The van der Waals surface area contributed by atoms with Crippen molar-refractivity contribution < 1.29 is 18.0 Å². The summed E-state index contributed by atoms with van der Waals surface area (Å²) in [6.45, 7) is 0. The van der Waals surface area contributed by atoms with Crippen molar-refractivity contribution in [2.75, 3.05) is 5.75 Å². The molecule has 0 radical (unpaired) electrons. The molecule has 0 spiro atoms. The Bertz CT molecular complexity index is 869. The number of amides is 2. The van der Waals surface area contributed by atoms with Crippen molar-refractivity contribution in [3.05, 3.63) is 64.6 Å². The van der Waals surface area contributed by atoms with Gasteiger partial charge >= 0.3 is 0 Å². The van der Waals surface area contributed by atoms with Gasteiger partial charge in [-0.1, -0.05) is 40.2 Å². The van der Waals surface area contributed by atoms with Crippen molar-refractivity contribution in [1.29, 1.82) is 0 Å². The smallest absolute Gasteiger partial charge is 0.251 e. The number of sulfone groups is 1. The van der Waals surface area contributed by atoms with Crippen LogP contribution in [-0.4, -0.2) is 32.0 Å². The summed E-state index contributed by atoms with van der Waals surface area (Å²) < 4.78 is 25.3. The molecule has 0 unspecified atom stereocenters. The zero-order valence-electron chi connectivity index (χ0n) is 13.2. The summed E-state index contributed by atoms with van der Waals surface area (Å²) >= 11 is 3.26. The minimum Gasteiger partial charge on any atom is -0.368 e. The van der Waals surface area contributed by atoms with Gasteiger partial charge in [-0.2, -0.15) is 0 Å². The molecule has 2 rings (SSSR count). The Morgan fingerprint density at radius 2 is 1.76 bits per heavy atom. The maximum atomic E-state index is 12.3. The van der Waals surface area contributed by atoms with Crippen LogP contribution in [-0.2, 0) is 14.6 Å². The Morgan fingerprint density at radius 3 is 2.36 bits per heavy atom. The number of halogens is 1. The lowest BCUT2D eigenvalue weighted by atomic mass is 10.1. The quantitative estimate of drug-likeness (QED) is 0.707. The molecule has 0 bridgehead atoms. The van der Waals surface area contributed by atoms with Crippen LogP contribution in [0.2, 0.25) is 0 Å². The van der Waals surface area contributed by atoms with Gasteiger partial charge in [0.15, 0.2) is 9.84 Å². The fourth-order valence-electron chi connectivity index (χ4n) is 2.18. The second kappa shape index (κ2) is 8.26. The number of carbonyl (C=O) groups is 2. The Balaban J connectivity index is 2.06. The van der Waals surface area contributed by atoms with Gasteiger partial charge in [0.05, 0.1) is 10.6 Å². The third-order valence-electron chi connectivity index (χ3n) is 3.51. The van der Waals surface area contributed by atoms with Crippen LogP contribution in [0.1, 0.15) is 16.8 Å². The van der Waals surface area contributed by atoms with Gasteiger partial charge in [-0.15, -0.1) is 0 Å². The van der Waals surface area contributed by atoms with E-state index in [-0.39, 0.29) is 17.1 Å². The average molecular weight is 425 g/mol. The highest BCUT2D eigenvalue weighted by Crippen LogP contribution is 2.14. The van der Waals surface area contributed by atoms with Gasteiger partial charge in [-0.3, -0.25) is 9.59 Å². The van der Waals surface area contributed by atoms with Crippen LogP contribution in [0, 0.1) is 0 Å². The Kier molecular flexibility index (Phi) is 6.33. The molecule has 8 heteroatoms. The molecule has 0 aromatic heterocycles. The lowest BCUT2D eigenvalue weighted by Crippen LogP contribution is -2.45. The summed E-state index contributed by atoms with van der Waals surface area (Å²) in [5.74, 6) is -1.59. The van der Waals surface area contributed by atoms with E-state index in [2.05, 4.69) is 21.2 Å². The standard InChI is InChI=1S/C17H17BrN2O4S/c18-13-6-4-5-12(11-13)17(22)20-15(16(19)21)9-10-25(23,24)14-7-2-1-3-8-14/h1-8,11,15H,9-10H2,(H2,19,21)(H,20,22)/t15-/m0/s1. The zero-order chi connectivity index (χ0) is 18.4. The van der Waals surface area contributed by atoms with E-state index in [1.54, 1.807) is 42.5 Å². The monoisotopic (exact) mass is 424 g/mol. The highest BCUT2D eigenvalue weighted by Gasteiger charge is 2.23. The molecule has 25 heavy (non-hydrogen) atoms. The molecule has 3 N–H and O–H groups in total. The summed E-state index contributed by atoms with van der Waals surface area (Å²) in [6, 6.07) is 13.4. The van der Waals surface area contributed by atoms with Gasteiger partial charge in [0.1, 0.15) is 6.04 Å². The molecule has 0 heterocycles. The number of nitrogens with two attached hydrogens (primary N) is 1. The summed E-state index contributed by atoms with van der Waals surface area (Å²) in [6.07, 6.45) is -0.105. The molecular formula is C17H17BrN2O4S. The normalized spacial score (nSPS) is 12.4. The molecule has 2 amide bonds. The van der Waals surface area contributed by atoms with Crippen molar-refractivity contribution in [3.8, 4) is 0 Å². The highest BCUT2D eigenvalue weighted by atomic mass is 79.9. The molecule has 0 saturated carbocycles. The topological polar surface area (TPSA) is 106 Å². The number of hydrogen-bond donors (Lipinski definition) is 2. The number of benzene rings is 2. The lowest BCUT2D eigenvalue weighted by Gasteiger charge is -2.15. The first-order valence-corrected chi connectivity index (χ1v) is 9.87. The van der Waals surface area contributed by atoms with Gasteiger partial charge in [-0.05, 0) is 36.8 Å². The number of rotatable bonds is 7. The van der Waals surface area contributed by atoms with Crippen molar-refractivity contribution in [3.63, 3.8) is 0 Å². The van der Waals surface area contributed by atoms with Crippen molar-refractivity contribution >= 4 is 37.6 Å². The minimum absolute atomic E-state index is 0.105. The molecule has 0 aliphatic carbocycles. The van der Waals surface area contributed by atoms with E-state index < -0.39 is 27.7 Å². The van der Waals surface area contributed by atoms with Crippen LogP contribution in [0.3, 0.4) is 0 Å². The number of hydrogen-bond acceptors (Lipinski definition) is 4. The molecule has 6 nitrogen and oxygen atoms in total. The van der Waals surface area contributed by atoms with Gasteiger partial charge < -0.3 is 11.1 Å². The highest BCUT2D eigenvalue weighted by molar-refractivity contribution is 9.10. The predicted molar refractivity (Wildman–Crippen MR) is 97.7 cm³/mol. The summed E-state index contributed by atoms with van der Waals surface area (Å²) in [5, 5.41) is 2.49. The summed E-state index contributed by atoms with van der Waals surface area (Å²) in [5.41, 5.74) is 5.64. The second-order valence-electron chi connectivity index (χ2n) is 5.36. The van der Waals surface area contributed by atoms with Crippen LogP contribution in [0.25, 0.3) is 0 Å². The fraction of sp³-hybridized carbons (Fsp3) is 0.176. The third kappa shape index (κ3) is 5.40. The summed E-state index contributed by atoms with van der Waals surface area (Å²) in [4.78, 5) is 24.0. The van der Waals surface area contributed by atoms with E-state index in [1.807, 2.05) is 0 Å². The van der Waals surface area contributed by atoms with E-state index in [1.165, 1.54) is 12.1 Å². The lowest BCUT2D eigenvalue weighted by molar-refractivity contribution is -0.119. The Hall–Kier alpha value is -2.19. The fourth-order valence-corrected chi connectivity index (χ4v) is 3.93. The first-order chi connectivity index (χ1) is 11.8. The second-order valence-corrected chi connectivity index (χ2v) is 8.38. The molecule has 132 valence electrons. The number of primary amides is 1. The number of nitrogens with one attached hydrogen (secondary N) is 1. The molecule has 2 aromatic rings. The van der Waals surface area contributed by atoms with E-state index in [9.17, 15) is 18.0 Å². The van der Waals surface area contributed by atoms with Gasteiger partial charge in [0.25, 0.3) is 5.91 Å². The maximum absolute atomic E-state index is 12.3. The van der Waals surface area contributed by atoms with E-state index in [4.69, 9.17) is 5.73 Å². The molecule has 2 aromatic carbocycles. The predicted octanol–water partition coefficient (Wildman–Crippen LogP) is 1.90. The first-order valence-electron chi connectivity index (χ1n) is 7.43. The molecular weight excluding hydrogens is 408 g/mol. The Morgan fingerprint density at radius 1 is 1.08 bits per heavy atom. The molecule has 0 fully saturated rings. The molecule has 0 saturated heterocycles. The number of carbonyl (C=O) groups excluding carboxylic acids is 2. The zero-order valence-corrected chi connectivity index (χ0v) is 15.6. The van der Waals surface area contributed by atoms with Crippen molar-refractivity contribution in [2.45, 2.75) is 17.4 Å². The van der Waals surface area contributed by atoms with Crippen LogP contribution in [0.4, 0.5) is 0 Å².